The van der Waals surface area contributed by atoms with Crippen molar-refractivity contribution < 1.29 is 4.39 Å². The van der Waals surface area contributed by atoms with Gasteiger partial charge >= 0.3 is 0 Å². The molecule has 0 N–H and O–H groups in total. The van der Waals surface area contributed by atoms with Crippen LogP contribution in [0.5, 0.6) is 0 Å². The van der Waals surface area contributed by atoms with Gasteiger partial charge in [0.2, 0.25) is 0 Å². The number of rotatable bonds is 5. The monoisotopic (exact) mass is 344 g/mol. The quantitative estimate of drug-likeness (QED) is 0.606. The highest BCUT2D eigenvalue weighted by Crippen LogP contribution is 2.36. The second-order valence-corrected chi connectivity index (χ2v) is 6.18. The minimum absolute atomic E-state index is 0.298. The summed E-state index contributed by atoms with van der Waals surface area (Å²) in [6.45, 7) is 2.01. The molecule has 0 saturated heterocycles. The van der Waals surface area contributed by atoms with Crippen LogP contribution in [-0.4, -0.2) is 11.8 Å². The van der Waals surface area contributed by atoms with E-state index in [0.717, 1.165) is 11.1 Å². The zero-order valence-electron chi connectivity index (χ0n) is 11.7. The van der Waals surface area contributed by atoms with E-state index in [9.17, 15) is 4.39 Å². The Morgan fingerprint density at radius 1 is 1.00 bits per heavy atom. The number of hydrogen-bond donors (Lipinski definition) is 0. The Morgan fingerprint density at radius 3 is 2.24 bits per heavy atom. The molecule has 2 aromatic rings. The first-order valence-corrected chi connectivity index (χ1v) is 8.10. The number of alkyl halides is 2. The molecule has 21 heavy (non-hydrogen) atoms. The third kappa shape index (κ3) is 3.36. The van der Waals surface area contributed by atoms with Crippen molar-refractivity contribution in [3.05, 3.63) is 70.0 Å². The van der Waals surface area contributed by atoms with Crippen LogP contribution in [0.25, 0.3) is 0 Å². The van der Waals surface area contributed by atoms with Gasteiger partial charge in [0.15, 0.2) is 0 Å². The summed E-state index contributed by atoms with van der Waals surface area (Å²) >= 11 is 18.6. The Kier molecular flexibility index (Phi) is 5.54. The van der Waals surface area contributed by atoms with Gasteiger partial charge in [-0.1, -0.05) is 41.9 Å². The van der Waals surface area contributed by atoms with Gasteiger partial charge < -0.3 is 0 Å². The molecule has 2 rings (SSSR count). The van der Waals surface area contributed by atoms with Gasteiger partial charge in [0.1, 0.15) is 5.82 Å². The van der Waals surface area contributed by atoms with Crippen LogP contribution >= 0.6 is 34.8 Å². The molecule has 0 bridgehead atoms. The molecular formula is C17H16Cl3F. The van der Waals surface area contributed by atoms with Crippen molar-refractivity contribution in [1.82, 2.24) is 0 Å². The van der Waals surface area contributed by atoms with Gasteiger partial charge in [-0.25, -0.2) is 4.39 Å². The van der Waals surface area contributed by atoms with E-state index in [4.69, 9.17) is 34.8 Å². The molecule has 0 aliphatic heterocycles. The smallest absolute Gasteiger partial charge is 0.127 e. The Morgan fingerprint density at radius 2 is 1.67 bits per heavy atom. The Balaban J connectivity index is 2.51. The molecule has 0 aliphatic rings. The highest BCUT2D eigenvalue weighted by atomic mass is 35.5. The molecule has 0 nitrogen and oxygen atoms in total. The Hall–Kier alpha value is -0.760. The zero-order chi connectivity index (χ0) is 15.5. The lowest BCUT2D eigenvalue weighted by Gasteiger charge is -2.32. The highest BCUT2D eigenvalue weighted by molar-refractivity contribution is 6.31. The van der Waals surface area contributed by atoms with Crippen molar-refractivity contribution in [3.8, 4) is 0 Å². The fraction of sp³-hybridized carbons (Fsp3) is 0.294. The van der Waals surface area contributed by atoms with E-state index in [0.29, 0.717) is 28.8 Å². The van der Waals surface area contributed by atoms with Crippen LogP contribution in [0.3, 0.4) is 0 Å². The first-order chi connectivity index (χ1) is 10.0. The lowest BCUT2D eigenvalue weighted by molar-refractivity contribution is 0.510. The van der Waals surface area contributed by atoms with Gasteiger partial charge in [-0.15, -0.1) is 23.2 Å². The maximum atomic E-state index is 14.1. The van der Waals surface area contributed by atoms with Crippen LogP contribution in [-0.2, 0) is 11.8 Å². The Bertz CT molecular complexity index is 601. The predicted molar refractivity (Wildman–Crippen MR) is 89.4 cm³/mol. The van der Waals surface area contributed by atoms with Crippen molar-refractivity contribution in [2.75, 3.05) is 11.8 Å². The molecule has 0 heterocycles. The van der Waals surface area contributed by atoms with Crippen molar-refractivity contribution >= 4 is 34.8 Å². The molecule has 0 saturated carbocycles. The second kappa shape index (κ2) is 7.00. The van der Waals surface area contributed by atoms with Gasteiger partial charge in [0.05, 0.1) is 0 Å². The van der Waals surface area contributed by atoms with E-state index in [2.05, 4.69) is 0 Å². The molecule has 0 fully saturated rings. The van der Waals surface area contributed by atoms with Crippen LogP contribution < -0.4 is 0 Å². The first-order valence-electron chi connectivity index (χ1n) is 6.65. The largest absolute Gasteiger partial charge is 0.207 e. The summed E-state index contributed by atoms with van der Waals surface area (Å²) in [6, 6.07) is 12.6. The standard InChI is InChI=1S/C17H16Cl3F/c1-12-5-2-3-6-14(12)17(10-18,11-19)9-13-15(20)7-4-8-16(13)21/h2-8H,9-11H2,1H3. The van der Waals surface area contributed by atoms with Crippen LogP contribution in [0.1, 0.15) is 16.7 Å². The summed E-state index contributed by atoms with van der Waals surface area (Å²) in [6.07, 6.45) is 0.371. The van der Waals surface area contributed by atoms with Crippen LogP contribution in [0, 0.1) is 12.7 Å². The van der Waals surface area contributed by atoms with E-state index in [1.165, 1.54) is 6.07 Å². The van der Waals surface area contributed by atoms with Gasteiger partial charge in [-0.05, 0) is 36.6 Å². The SMILES string of the molecule is Cc1ccccc1C(CCl)(CCl)Cc1c(F)cccc1Cl. The number of benzene rings is 2. The third-order valence-electron chi connectivity index (χ3n) is 3.80. The summed E-state index contributed by atoms with van der Waals surface area (Å²) in [5.41, 5.74) is 2.05. The van der Waals surface area contributed by atoms with Crippen molar-refractivity contribution in [2.24, 2.45) is 0 Å². The molecule has 4 heteroatoms. The molecule has 0 unspecified atom stereocenters. The lowest BCUT2D eigenvalue weighted by atomic mass is 9.76. The molecule has 112 valence electrons. The summed E-state index contributed by atoms with van der Waals surface area (Å²) in [5.74, 6) is 0.272. The molecule has 0 amide bonds. The summed E-state index contributed by atoms with van der Waals surface area (Å²) in [5, 5.41) is 0.406. The van der Waals surface area contributed by atoms with Crippen molar-refractivity contribution in [2.45, 2.75) is 18.8 Å². The predicted octanol–water partition coefficient (Wildman–Crippen LogP) is 5.75. The number of hydrogen-bond acceptors (Lipinski definition) is 0. The first kappa shape index (κ1) is 16.6. The van der Waals surface area contributed by atoms with Gasteiger partial charge in [-0.2, -0.15) is 0 Å². The molecular weight excluding hydrogens is 330 g/mol. The minimum atomic E-state index is -0.541. The highest BCUT2D eigenvalue weighted by Gasteiger charge is 2.33. The average Bonchev–Trinajstić information content (AvgIpc) is 2.49. The maximum absolute atomic E-state index is 14.1. The van der Waals surface area contributed by atoms with Gasteiger partial charge in [0, 0.05) is 27.8 Å². The molecule has 0 spiro atoms. The lowest BCUT2D eigenvalue weighted by Crippen LogP contribution is -2.34. The molecule has 0 atom stereocenters. The van der Waals surface area contributed by atoms with Crippen molar-refractivity contribution in [1.29, 1.82) is 0 Å². The molecule has 0 radical (unpaired) electrons. The average molecular weight is 346 g/mol. The summed E-state index contributed by atoms with van der Waals surface area (Å²) < 4.78 is 14.1. The van der Waals surface area contributed by atoms with E-state index in [-0.39, 0.29) is 5.82 Å². The molecule has 0 aromatic heterocycles. The van der Waals surface area contributed by atoms with E-state index in [1.54, 1.807) is 12.1 Å². The van der Waals surface area contributed by atoms with E-state index in [1.807, 2.05) is 31.2 Å². The minimum Gasteiger partial charge on any atom is -0.207 e. The van der Waals surface area contributed by atoms with Gasteiger partial charge in [0.25, 0.3) is 0 Å². The van der Waals surface area contributed by atoms with Crippen LogP contribution in [0.4, 0.5) is 4.39 Å². The van der Waals surface area contributed by atoms with Gasteiger partial charge in [-0.3, -0.25) is 0 Å². The topological polar surface area (TPSA) is 0 Å². The zero-order valence-corrected chi connectivity index (χ0v) is 13.9. The number of aryl methyl sites for hydroxylation is 1. The maximum Gasteiger partial charge on any atom is 0.127 e. The second-order valence-electron chi connectivity index (χ2n) is 5.24. The van der Waals surface area contributed by atoms with E-state index < -0.39 is 5.41 Å². The summed E-state index contributed by atoms with van der Waals surface area (Å²) in [4.78, 5) is 0. The normalized spacial score (nSPS) is 11.7. The third-order valence-corrected chi connectivity index (χ3v) is 5.18. The summed E-state index contributed by atoms with van der Waals surface area (Å²) in [7, 11) is 0. The fourth-order valence-electron chi connectivity index (χ4n) is 2.58. The number of halogens is 4. The molecule has 0 aliphatic carbocycles. The van der Waals surface area contributed by atoms with E-state index >= 15 is 0 Å². The van der Waals surface area contributed by atoms with Crippen LogP contribution in [0.2, 0.25) is 5.02 Å². The molecule has 2 aromatic carbocycles. The Labute approximate surface area is 139 Å². The fourth-order valence-corrected chi connectivity index (χ4v) is 3.57. The van der Waals surface area contributed by atoms with Crippen molar-refractivity contribution in [3.63, 3.8) is 0 Å². The van der Waals surface area contributed by atoms with Crippen LogP contribution in [0.15, 0.2) is 42.5 Å².